The van der Waals surface area contributed by atoms with Gasteiger partial charge in [0.2, 0.25) is 17.2 Å². The number of aromatic nitrogens is 1. The first kappa shape index (κ1) is 28.7. The number of esters is 1. The highest BCUT2D eigenvalue weighted by molar-refractivity contribution is 5.95. The molecule has 42 heavy (non-hydrogen) atoms. The normalized spacial score (nSPS) is 21.5. The number of nitrogens with one attached hydrogen (secondary N) is 1. The number of ether oxygens (including phenoxy) is 4. The maximum atomic E-state index is 15.6. The van der Waals surface area contributed by atoms with Crippen molar-refractivity contribution in [2.45, 2.75) is 30.7 Å². The Balaban J connectivity index is 1.50. The van der Waals surface area contributed by atoms with Crippen LogP contribution in [0.15, 0.2) is 47.6 Å². The van der Waals surface area contributed by atoms with Gasteiger partial charge >= 0.3 is 5.97 Å². The monoisotopic (exact) mass is 583 g/mol. The van der Waals surface area contributed by atoms with Crippen LogP contribution in [-0.2, 0) is 9.53 Å². The van der Waals surface area contributed by atoms with Crippen LogP contribution in [0.1, 0.15) is 30.1 Å². The summed E-state index contributed by atoms with van der Waals surface area (Å²) < 4.78 is 52.4. The minimum atomic E-state index is -1.58. The van der Waals surface area contributed by atoms with Crippen LogP contribution in [-0.4, -0.2) is 70.5 Å². The van der Waals surface area contributed by atoms with Gasteiger partial charge in [0.15, 0.2) is 17.3 Å². The molecular weight excluding hydrogens is 556 g/mol. The van der Waals surface area contributed by atoms with Gasteiger partial charge < -0.3 is 34.9 Å². The van der Waals surface area contributed by atoms with Gasteiger partial charge in [-0.15, -0.1) is 0 Å². The molecule has 2 aromatic carbocycles. The number of hydrogen-bond donors (Lipinski definition) is 4. The van der Waals surface area contributed by atoms with Crippen molar-refractivity contribution in [2.24, 2.45) is 10.7 Å². The molecule has 1 saturated carbocycles. The summed E-state index contributed by atoms with van der Waals surface area (Å²) in [4.78, 5) is 22.3. The minimum absolute atomic E-state index is 0.0101. The summed E-state index contributed by atoms with van der Waals surface area (Å²) >= 11 is 0. The summed E-state index contributed by atoms with van der Waals surface area (Å²) in [5, 5.41) is 28.0. The number of nitrogens with two attached hydrogens (primary N) is 1. The van der Waals surface area contributed by atoms with Gasteiger partial charge in [0.1, 0.15) is 29.6 Å². The number of benzene rings is 2. The summed E-state index contributed by atoms with van der Waals surface area (Å²) in [5.74, 6) is -5.53. The number of nitrogens with zero attached hydrogens (tertiary/aromatic N) is 3. The van der Waals surface area contributed by atoms with Crippen LogP contribution < -0.4 is 19.9 Å². The van der Waals surface area contributed by atoms with Crippen molar-refractivity contribution in [1.82, 2.24) is 9.88 Å². The van der Waals surface area contributed by atoms with Gasteiger partial charge in [-0.25, -0.2) is 14.2 Å². The highest BCUT2D eigenvalue weighted by atomic mass is 19.1. The molecule has 0 spiro atoms. The van der Waals surface area contributed by atoms with E-state index in [-0.39, 0.29) is 35.1 Å². The molecule has 1 aliphatic carbocycles. The predicted octanol–water partition coefficient (Wildman–Crippen LogP) is 3.39. The van der Waals surface area contributed by atoms with Crippen molar-refractivity contribution in [3.05, 3.63) is 65.4 Å². The topological polar surface area (TPSA) is 173 Å². The summed E-state index contributed by atoms with van der Waals surface area (Å²) in [5.41, 5.74) is 4.43. The molecule has 5 N–H and O–H groups in total. The van der Waals surface area contributed by atoms with E-state index in [0.717, 1.165) is 0 Å². The number of aliphatic hydroxyl groups excluding tert-OH is 1. The van der Waals surface area contributed by atoms with E-state index >= 15 is 4.39 Å². The van der Waals surface area contributed by atoms with Crippen molar-refractivity contribution in [3.8, 4) is 34.6 Å². The van der Waals surface area contributed by atoms with E-state index in [0.29, 0.717) is 24.7 Å². The smallest absolute Gasteiger partial charge is 0.352 e. The number of carbonyl (C=O) groups is 1. The second-order valence-electron chi connectivity index (χ2n) is 9.74. The molecule has 3 aromatic rings. The summed E-state index contributed by atoms with van der Waals surface area (Å²) in [7, 11) is 2.97. The highest BCUT2D eigenvalue weighted by Crippen LogP contribution is 2.43. The summed E-state index contributed by atoms with van der Waals surface area (Å²) in [6.07, 6.45) is 1.23. The molecule has 1 aliphatic heterocycles. The van der Waals surface area contributed by atoms with Crippen molar-refractivity contribution in [1.29, 1.82) is 5.41 Å². The summed E-state index contributed by atoms with van der Waals surface area (Å²) in [6, 6.07) is 8.09. The summed E-state index contributed by atoms with van der Waals surface area (Å²) in [6.45, 7) is 0.485. The van der Waals surface area contributed by atoms with Crippen LogP contribution in [0, 0.1) is 17.0 Å². The third-order valence-corrected chi connectivity index (χ3v) is 7.04. The lowest BCUT2D eigenvalue weighted by Gasteiger charge is -2.43. The fourth-order valence-electron chi connectivity index (χ4n) is 4.58. The molecule has 2 heterocycles. The van der Waals surface area contributed by atoms with Crippen LogP contribution in [0.5, 0.6) is 34.6 Å². The molecule has 220 valence electrons. The number of phenols is 1. The van der Waals surface area contributed by atoms with Crippen LogP contribution in [0.2, 0.25) is 0 Å². The maximum Gasteiger partial charge on any atom is 0.352 e. The average molecular weight is 584 g/mol. The first-order valence-corrected chi connectivity index (χ1v) is 12.7. The Labute approximate surface area is 238 Å². The number of methoxy groups -OCH3 is 1. The Morgan fingerprint density at radius 1 is 1.19 bits per heavy atom. The van der Waals surface area contributed by atoms with E-state index in [2.05, 4.69) is 9.98 Å². The van der Waals surface area contributed by atoms with E-state index in [4.69, 9.17) is 30.1 Å². The third-order valence-electron chi connectivity index (χ3n) is 7.04. The molecule has 0 amide bonds. The van der Waals surface area contributed by atoms with Crippen molar-refractivity contribution in [3.63, 3.8) is 0 Å². The molecule has 12 nitrogen and oxygen atoms in total. The first-order chi connectivity index (χ1) is 20.0. The Morgan fingerprint density at radius 3 is 2.60 bits per heavy atom. The highest BCUT2D eigenvalue weighted by Gasteiger charge is 2.56. The van der Waals surface area contributed by atoms with Crippen LogP contribution in [0.4, 0.5) is 8.78 Å². The number of carbonyl (C=O) groups excluding carboxylic acids is 1. The second kappa shape index (κ2) is 11.2. The van der Waals surface area contributed by atoms with Crippen molar-refractivity contribution < 1.29 is 42.7 Å². The average Bonchev–Trinajstić information content (AvgIpc) is 3.40. The van der Waals surface area contributed by atoms with Crippen molar-refractivity contribution in [2.75, 3.05) is 20.7 Å². The number of hydrogen-bond acceptors (Lipinski definition) is 11. The molecule has 0 bridgehead atoms. The molecule has 1 fully saturated rings. The minimum Gasteiger partial charge on any atom is -0.504 e. The molecular formula is C28H27F2N5O7. The van der Waals surface area contributed by atoms with Gasteiger partial charge in [-0.2, -0.15) is 4.39 Å². The van der Waals surface area contributed by atoms with E-state index in [9.17, 15) is 19.4 Å². The largest absolute Gasteiger partial charge is 0.504 e. The Morgan fingerprint density at radius 2 is 1.98 bits per heavy atom. The quantitative estimate of drug-likeness (QED) is 0.166. The molecule has 3 unspecified atom stereocenters. The first-order valence-electron chi connectivity index (χ1n) is 12.7. The van der Waals surface area contributed by atoms with E-state index < -0.39 is 52.9 Å². The number of aliphatic imine (C=N–C) groups is 1. The number of pyridine rings is 1. The zero-order valence-electron chi connectivity index (χ0n) is 22.5. The van der Waals surface area contributed by atoms with Gasteiger partial charge in [0.25, 0.3) is 5.88 Å². The lowest BCUT2D eigenvalue weighted by molar-refractivity contribution is -0.188. The number of rotatable bonds is 9. The molecule has 0 saturated heterocycles. The van der Waals surface area contributed by atoms with Gasteiger partial charge in [-0.05, 0) is 49.9 Å². The third kappa shape index (κ3) is 5.17. The molecule has 5 rings (SSSR count). The fourth-order valence-corrected chi connectivity index (χ4v) is 4.58. The number of amidine groups is 1. The molecule has 1 aromatic heterocycles. The van der Waals surface area contributed by atoms with E-state index in [1.165, 1.54) is 43.5 Å². The number of halogens is 2. The number of aliphatic hydroxyl groups is 1. The Kier molecular flexibility index (Phi) is 7.67. The van der Waals surface area contributed by atoms with E-state index in [1.54, 1.807) is 13.3 Å². The molecule has 14 heteroatoms. The Hall–Kier alpha value is -4.82. The fraction of sp³-hybridized carbons (Fsp3) is 0.286. The van der Waals surface area contributed by atoms with Gasteiger partial charge in [-0.1, -0.05) is 0 Å². The van der Waals surface area contributed by atoms with Crippen LogP contribution >= 0.6 is 0 Å². The van der Waals surface area contributed by atoms with E-state index in [1.807, 2.05) is 4.90 Å². The lowest BCUT2D eigenvalue weighted by Crippen LogP contribution is -2.62. The van der Waals surface area contributed by atoms with Gasteiger partial charge in [0, 0.05) is 30.3 Å². The SMILES string of the molecule is COC(=O)C1(Oc2ccc(Oc3c(F)cnc(Oc4cc(C(=N)N)ccc4O)c3F)c(C3N=CCN3C)c2)CCC1O. The van der Waals surface area contributed by atoms with Gasteiger partial charge in [0.05, 0.1) is 13.3 Å². The Bertz CT molecular complexity index is 1590. The molecule has 2 aliphatic rings. The lowest BCUT2D eigenvalue weighted by atomic mass is 9.76. The zero-order chi connectivity index (χ0) is 30.2. The standard InChI is InChI=1S/C28H27F2N5O7/c1-35-10-9-33-25(35)16-12-15(42-28(27(38)39-2)8-7-21(28)37)4-6-19(16)40-23-17(29)13-34-26(22(23)30)41-20-11-14(24(31)32)3-5-18(20)36/h3-6,9,11-13,21,25,36-37H,7-8,10H2,1-2H3,(H3,31,32). The second-order valence-corrected chi connectivity index (χ2v) is 9.74. The maximum absolute atomic E-state index is 15.6. The predicted molar refractivity (Wildman–Crippen MR) is 144 cm³/mol. The van der Waals surface area contributed by atoms with Crippen LogP contribution in [0.3, 0.4) is 0 Å². The molecule has 0 radical (unpaired) electrons. The number of phenolic OH excluding ortho intramolecular Hbond substituents is 1. The number of aromatic hydroxyl groups is 1. The number of nitrogen functional groups attached to an aromatic ring is 1. The van der Waals surface area contributed by atoms with Crippen LogP contribution in [0.25, 0.3) is 0 Å². The van der Waals surface area contributed by atoms with Crippen molar-refractivity contribution >= 4 is 18.0 Å². The van der Waals surface area contributed by atoms with Gasteiger partial charge in [-0.3, -0.25) is 15.3 Å². The molecule has 3 atom stereocenters. The zero-order valence-corrected chi connectivity index (χ0v) is 22.5.